The van der Waals surface area contributed by atoms with Gasteiger partial charge in [-0.2, -0.15) is 5.26 Å². The van der Waals surface area contributed by atoms with Gasteiger partial charge in [-0.1, -0.05) is 6.07 Å². The number of aldehydes is 1. The number of nitrogens with two attached hydrogens (primary N) is 3. The minimum Gasteiger partial charge on any atom is -0.507 e. The number of hydrogen-bond donors (Lipinski definition) is 4. The summed E-state index contributed by atoms with van der Waals surface area (Å²) in [4.78, 5) is 81.2. The molecular weight excluding hydrogens is 558 g/mol. The van der Waals surface area contributed by atoms with Crippen molar-refractivity contribution in [2.24, 2.45) is 34.5 Å². The zero-order valence-electron chi connectivity index (χ0n) is 23.5. The number of ketones is 4. The minimum atomic E-state index is -2.83. The number of carbonyl (C=O) groups is 6. The molecule has 2 fully saturated rings. The minimum absolute atomic E-state index is 0.218. The van der Waals surface area contributed by atoms with Gasteiger partial charge < -0.3 is 27.0 Å². The zero-order valence-corrected chi connectivity index (χ0v) is 23.5. The fourth-order valence-corrected chi connectivity index (χ4v) is 7.47. The van der Waals surface area contributed by atoms with Crippen LogP contribution in [-0.4, -0.2) is 83.7 Å². The Kier molecular flexibility index (Phi) is 6.66. The molecule has 0 aromatic heterocycles. The van der Waals surface area contributed by atoms with Gasteiger partial charge in [0.15, 0.2) is 34.5 Å². The number of fused-ring (bicyclic) bond motifs is 3. The number of methoxy groups -OCH3 is 1. The molecule has 2 aromatic rings. The van der Waals surface area contributed by atoms with Gasteiger partial charge in [-0.25, -0.2) is 0 Å². The first-order chi connectivity index (χ1) is 20.1. The third-order valence-corrected chi connectivity index (χ3v) is 9.12. The maximum Gasteiger partial charge on any atom is 0.235 e. The second-order valence-corrected chi connectivity index (χ2v) is 11.7. The molecule has 7 N–H and O–H groups in total. The Morgan fingerprint density at radius 3 is 2.35 bits per heavy atom. The molecule has 13 heteroatoms. The van der Waals surface area contributed by atoms with Gasteiger partial charge in [0.05, 0.1) is 30.3 Å². The van der Waals surface area contributed by atoms with E-state index in [9.17, 15) is 39.1 Å². The van der Waals surface area contributed by atoms with E-state index in [1.54, 1.807) is 12.1 Å². The summed E-state index contributed by atoms with van der Waals surface area (Å²) in [7, 11) is 4.27. The average Bonchev–Trinajstić information content (AvgIpc) is 2.91. The highest BCUT2D eigenvalue weighted by Crippen LogP contribution is 2.57. The summed E-state index contributed by atoms with van der Waals surface area (Å²) in [6.45, 7) is 0. The molecule has 43 heavy (non-hydrogen) atoms. The van der Waals surface area contributed by atoms with Crippen molar-refractivity contribution in [3.05, 3.63) is 47.0 Å². The first-order valence-corrected chi connectivity index (χ1v) is 13.2. The highest BCUT2D eigenvalue weighted by molar-refractivity contribution is 6.33. The van der Waals surface area contributed by atoms with Crippen LogP contribution >= 0.6 is 0 Å². The Bertz CT molecular complexity index is 1710. The third-order valence-electron chi connectivity index (χ3n) is 9.12. The second kappa shape index (κ2) is 9.63. The van der Waals surface area contributed by atoms with Crippen LogP contribution in [0.15, 0.2) is 30.3 Å². The molecule has 3 aliphatic carbocycles. The lowest BCUT2D eigenvalue weighted by molar-refractivity contribution is -0.166. The van der Waals surface area contributed by atoms with E-state index in [1.807, 2.05) is 0 Å². The van der Waals surface area contributed by atoms with Crippen LogP contribution in [0, 0.1) is 28.6 Å². The van der Waals surface area contributed by atoms with E-state index < -0.39 is 75.6 Å². The first-order valence-electron chi connectivity index (χ1n) is 13.2. The highest BCUT2D eigenvalue weighted by Gasteiger charge is 2.78. The molecule has 0 aliphatic heterocycles. The summed E-state index contributed by atoms with van der Waals surface area (Å²) in [6.07, 6.45) is -0.175. The van der Waals surface area contributed by atoms with Gasteiger partial charge in [0.25, 0.3) is 0 Å². The Labute approximate surface area is 245 Å². The van der Waals surface area contributed by atoms with Crippen LogP contribution in [0.3, 0.4) is 0 Å². The number of hydrogen-bond acceptors (Lipinski definition) is 12. The maximum absolute atomic E-state index is 14.4. The number of Topliss-reactive ketones (excluding diaryl/α,β-unsaturated/α-hetero) is 4. The molecule has 0 bridgehead atoms. The Morgan fingerprint density at radius 2 is 1.79 bits per heavy atom. The van der Waals surface area contributed by atoms with Crippen LogP contribution in [0.5, 0.6) is 11.5 Å². The summed E-state index contributed by atoms with van der Waals surface area (Å²) in [5.74, 6) is -10.1. The summed E-state index contributed by atoms with van der Waals surface area (Å²) >= 11 is 0. The predicted octanol–water partition coefficient (Wildman–Crippen LogP) is -0.703. The van der Waals surface area contributed by atoms with Gasteiger partial charge in [0.1, 0.15) is 23.7 Å². The van der Waals surface area contributed by atoms with Crippen molar-refractivity contribution in [2.75, 3.05) is 21.2 Å². The SMILES string of the molecule is COc1ccc(C=O)cc1-c1ccc(O)c2c1C[C@@]1(N)C[C@@]3(N)[C@H](N(C)C)C(=O)C(C(N)=O)C(=O)[C@@]3(C#N)C(=O)C1C2=O. The lowest BCUT2D eigenvalue weighted by Gasteiger charge is -2.60. The highest BCUT2D eigenvalue weighted by atomic mass is 16.5. The van der Waals surface area contributed by atoms with E-state index in [0.717, 1.165) is 0 Å². The number of ether oxygens (including phenoxy) is 1. The molecule has 2 saturated carbocycles. The normalized spacial score (nSPS) is 31.5. The molecule has 5 rings (SSSR count). The molecule has 2 aromatic carbocycles. The lowest BCUT2D eigenvalue weighted by Crippen LogP contribution is -2.85. The fraction of sp³-hybridized carbons (Fsp3) is 0.367. The molecule has 2 unspecified atom stereocenters. The maximum atomic E-state index is 14.4. The number of nitriles is 1. The monoisotopic (exact) mass is 587 g/mol. The van der Waals surface area contributed by atoms with E-state index in [4.69, 9.17) is 21.9 Å². The van der Waals surface area contributed by atoms with E-state index >= 15 is 0 Å². The molecular formula is C30H29N5O8. The number of rotatable bonds is 5. The Hall–Kier alpha value is -4.77. The van der Waals surface area contributed by atoms with Gasteiger partial charge in [-0.3, -0.25) is 33.7 Å². The van der Waals surface area contributed by atoms with Crippen molar-refractivity contribution in [1.82, 2.24) is 4.90 Å². The molecule has 0 spiro atoms. The molecule has 3 aliphatic rings. The number of phenols is 1. The Balaban J connectivity index is 1.79. The number of phenolic OH excluding ortho intramolecular Hbond substituents is 1. The lowest BCUT2D eigenvalue weighted by atomic mass is 9.42. The van der Waals surface area contributed by atoms with Crippen LogP contribution in [-0.2, 0) is 25.6 Å². The van der Waals surface area contributed by atoms with Crippen molar-refractivity contribution in [1.29, 1.82) is 5.26 Å². The van der Waals surface area contributed by atoms with Gasteiger partial charge >= 0.3 is 0 Å². The van der Waals surface area contributed by atoms with Crippen LogP contribution in [0.4, 0.5) is 0 Å². The quantitative estimate of drug-likeness (QED) is 0.251. The number of likely N-dealkylation sites (N-methyl/N-ethyl adjacent to an activating group) is 1. The van der Waals surface area contributed by atoms with Crippen molar-refractivity contribution in [3.8, 4) is 28.7 Å². The van der Waals surface area contributed by atoms with E-state index in [1.165, 1.54) is 50.4 Å². The molecule has 222 valence electrons. The molecule has 6 atom stereocenters. The smallest absolute Gasteiger partial charge is 0.235 e. The topological polar surface area (TPSA) is 237 Å². The van der Waals surface area contributed by atoms with Crippen LogP contribution in [0.1, 0.15) is 32.7 Å². The van der Waals surface area contributed by atoms with Crippen LogP contribution in [0.25, 0.3) is 11.1 Å². The summed E-state index contributed by atoms with van der Waals surface area (Å²) in [5, 5.41) is 21.4. The largest absolute Gasteiger partial charge is 0.507 e. The number of nitrogens with zero attached hydrogens (tertiary/aromatic N) is 2. The molecule has 1 amide bonds. The van der Waals surface area contributed by atoms with Crippen LogP contribution < -0.4 is 21.9 Å². The van der Waals surface area contributed by atoms with Gasteiger partial charge in [0, 0.05) is 16.7 Å². The van der Waals surface area contributed by atoms with E-state index in [-0.39, 0.29) is 17.5 Å². The molecule has 0 radical (unpaired) electrons. The van der Waals surface area contributed by atoms with Crippen molar-refractivity contribution < 1.29 is 38.6 Å². The molecule has 13 nitrogen and oxygen atoms in total. The zero-order chi connectivity index (χ0) is 31.8. The van der Waals surface area contributed by atoms with Crippen LogP contribution in [0.2, 0.25) is 0 Å². The number of carbonyl (C=O) groups excluding carboxylic acids is 6. The number of primary amides is 1. The molecule has 0 saturated heterocycles. The average molecular weight is 588 g/mol. The fourth-order valence-electron chi connectivity index (χ4n) is 7.47. The summed E-state index contributed by atoms with van der Waals surface area (Å²) in [5.41, 5.74) is 13.2. The standard InChI is InChI=1S/C30H29N5O8/c1-35(2)24-23(39)20(27(32)42)25(40)29(12-31)26(41)21-22(38)19-16(9-28(21,33)11-30(24,29)34)14(5-6-17(19)37)15-8-13(10-36)4-7-18(15)43-3/h4-8,10,20-21,24,37H,9,11,33-34H2,1-3H3,(H2,32,42)/t20?,21?,24-,28-,29+,30-/m1/s1. The third kappa shape index (κ3) is 3.67. The predicted molar refractivity (Wildman–Crippen MR) is 149 cm³/mol. The summed E-state index contributed by atoms with van der Waals surface area (Å²) < 4.78 is 5.48. The second-order valence-electron chi connectivity index (χ2n) is 11.7. The van der Waals surface area contributed by atoms with Crippen molar-refractivity contribution in [3.63, 3.8) is 0 Å². The number of benzene rings is 2. The number of amides is 1. The molecule has 0 heterocycles. The Morgan fingerprint density at radius 1 is 1.12 bits per heavy atom. The first kappa shape index (κ1) is 29.7. The van der Waals surface area contributed by atoms with E-state index in [0.29, 0.717) is 28.7 Å². The van der Waals surface area contributed by atoms with E-state index in [2.05, 4.69) is 0 Å². The summed E-state index contributed by atoms with van der Waals surface area (Å²) in [6, 6.07) is 7.52. The van der Waals surface area contributed by atoms with Gasteiger partial charge in [-0.15, -0.1) is 0 Å². The van der Waals surface area contributed by atoms with Gasteiger partial charge in [-0.05, 0) is 62.3 Å². The van der Waals surface area contributed by atoms with Gasteiger partial charge in [0.2, 0.25) is 5.91 Å². The van der Waals surface area contributed by atoms with Crippen molar-refractivity contribution >= 4 is 35.3 Å². The van der Waals surface area contributed by atoms with Crippen molar-refractivity contribution in [2.45, 2.75) is 30.0 Å². The number of aromatic hydroxyl groups is 1.